The highest BCUT2D eigenvalue weighted by molar-refractivity contribution is 7.14. The first-order valence-electron chi connectivity index (χ1n) is 7.66. The lowest BCUT2D eigenvalue weighted by atomic mass is 10.2. The molecule has 2 amide bonds. The molecule has 7 nitrogen and oxygen atoms in total. The van der Waals surface area contributed by atoms with Crippen LogP contribution in [0, 0.1) is 0 Å². The van der Waals surface area contributed by atoms with Gasteiger partial charge in [0, 0.05) is 39.8 Å². The van der Waals surface area contributed by atoms with E-state index in [2.05, 4.69) is 15.1 Å². The van der Waals surface area contributed by atoms with Crippen LogP contribution in [0.4, 0.5) is 5.00 Å². The number of ether oxygens (including phenoxy) is 1. The van der Waals surface area contributed by atoms with Crippen molar-refractivity contribution in [1.82, 2.24) is 9.80 Å². The molecule has 0 unspecified atom stereocenters. The quantitative estimate of drug-likeness (QED) is 0.752. The number of piperazine rings is 1. The molecule has 1 fully saturated rings. The molecular formula is C15H24N4O3S. The van der Waals surface area contributed by atoms with Gasteiger partial charge in [0.25, 0.3) is 5.91 Å². The Morgan fingerprint density at radius 2 is 2.09 bits per heavy atom. The fourth-order valence-corrected chi connectivity index (χ4v) is 3.37. The normalized spacial score (nSPS) is 17.8. The Morgan fingerprint density at radius 3 is 2.70 bits per heavy atom. The fraction of sp³-hybridized carbons (Fsp3) is 0.600. The van der Waals surface area contributed by atoms with E-state index in [1.807, 2.05) is 6.92 Å². The third-order valence-electron chi connectivity index (χ3n) is 4.11. The molecule has 1 aromatic heterocycles. The van der Waals surface area contributed by atoms with E-state index in [0.717, 1.165) is 39.3 Å². The van der Waals surface area contributed by atoms with Crippen molar-refractivity contribution in [3.8, 4) is 0 Å². The molecule has 1 atom stereocenters. The molecule has 0 radical (unpaired) electrons. The molecule has 2 rings (SSSR count). The number of nitrogens with two attached hydrogens (primary N) is 1. The van der Waals surface area contributed by atoms with Crippen LogP contribution < -0.4 is 11.1 Å². The minimum atomic E-state index is -0.527. The minimum absolute atomic E-state index is 0.111. The minimum Gasteiger partial charge on any atom is -0.383 e. The molecule has 0 aromatic carbocycles. The van der Waals surface area contributed by atoms with E-state index in [0.29, 0.717) is 10.6 Å². The molecule has 2 heterocycles. The van der Waals surface area contributed by atoms with Crippen molar-refractivity contribution in [2.75, 3.05) is 51.8 Å². The second-order valence-corrected chi connectivity index (χ2v) is 6.48. The first-order valence-corrected chi connectivity index (χ1v) is 8.54. The number of hydrogen-bond donors (Lipinski definition) is 2. The van der Waals surface area contributed by atoms with E-state index in [1.54, 1.807) is 18.6 Å². The summed E-state index contributed by atoms with van der Waals surface area (Å²) in [7, 11) is 1.70. The number of carbonyl (C=O) groups excluding carboxylic acids is 2. The molecule has 1 saturated heterocycles. The Kier molecular flexibility index (Phi) is 6.52. The molecule has 0 spiro atoms. The molecule has 3 N–H and O–H groups in total. The summed E-state index contributed by atoms with van der Waals surface area (Å²) in [5.74, 6) is -0.638. The number of carbonyl (C=O) groups is 2. The van der Waals surface area contributed by atoms with Gasteiger partial charge in [-0.1, -0.05) is 0 Å². The molecule has 0 bridgehead atoms. The summed E-state index contributed by atoms with van der Waals surface area (Å²) in [6, 6.07) is 1.38. The maximum atomic E-state index is 12.4. The van der Waals surface area contributed by atoms with Crippen molar-refractivity contribution in [2.45, 2.75) is 13.0 Å². The van der Waals surface area contributed by atoms with Gasteiger partial charge in [-0.3, -0.25) is 19.4 Å². The SMILES string of the molecule is COCCN1CCN([C@@H](C)C(=O)Nc2sccc2C(N)=O)CC1. The van der Waals surface area contributed by atoms with Crippen molar-refractivity contribution in [2.24, 2.45) is 5.73 Å². The zero-order chi connectivity index (χ0) is 16.8. The Morgan fingerprint density at radius 1 is 1.39 bits per heavy atom. The van der Waals surface area contributed by atoms with Gasteiger partial charge in [0.15, 0.2) is 0 Å². The summed E-state index contributed by atoms with van der Waals surface area (Å²) in [5, 5.41) is 5.08. The predicted octanol–water partition coefficient (Wildman–Crippen LogP) is 0.438. The lowest BCUT2D eigenvalue weighted by Crippen LogP contribution is -2.53. The van der Waals surface area contributed by atoms with Crippen LogP contribution in [0.1, 0.15) is 17.3 Å². The average Bonchev–Trinajstić information content (AvgIpc) is 3.01. The number of amides is 2. The fourth-order valence-electron chi connectivity index (χ4n) is 2.58. The van der Waals surface area contributed by atoms with Crippen LogP contribution in [-0.2, 0) is 9.53 Å². The maximum Gasteiger partial charge on any atom is 0.251 e. The molecule has 23 heavy (non-hydrogen) atoms. The van der Waals surface area contributed by atoms with E-state index in [4.69, 9.17) is 10.5 Å². The molecule has 0 aliphatic carbocycles. The molecule has 128 valence electrons. The number of nitrogens with one attached hydrogen (secondary N) is 1. The monoisotopic (exact) mass is 340 g/mol. The molecule has 1 aromatic rings. The van der Waals surface area contributed by atoms with Crippen LogP contribution in [0.5, 0.6) is 0 Å². The van der Waals surface area contributed by atoms with Crippen LogP contribution in [-0.4, -0.2) is 74.1 Å². The number of hydrogen-bond acceptors (Lipinski definition) is 6. The standard InChI is InChI=1S/C15H24N4O3S/c1-11(19-6-4-18(5-7-19)8-9-22-2)14(21)17-15-12(13(16)20)3-10-23-15/h3,10-11H,4-9H2,1-2H3,(H2,16,20)(H,17,21)/t11-/m0/s1. The van der Waals surface area contributed by atoms with E-state index in [1.165, 1.54) is 11.3 Å². The summed E-state index contributed by atoms with van der Waals surface area (Å²) in [6.07, 6.45) is 0. The lowest BCUT2D eigenvalue weighted by Gasteiger charge is -2.37. The van der Waals surface area contributed by atoms with Crippen LogP contribution in [0.2, 0.25) is 0 Å². The van der Waals surface area contributed by atoms with Gasteiger partial charge in [0.1, 0.15) is 5.00 Å². The van der Waals surface area contributed by atoms with E-state index in [-0.39, 0.29) is 11.9 Å². The zero-order valence-electron chi connectivity index (χ0n) is 13.6. The van der Waals surface area contributed by atoms with Crippen LogP contribution in [0.3, 0.4) is 0 Å². The third kappa shape index (κ3) is 4.74. The molecule has 1 aliphatic heterocycles. The highest BCUT2D eigenvalue weighted by atomic mass is 32.1. The number of methoxy groups -OCH3 is 1. The largest absolute Gasteiger partial charge is 0.383 e. The number of primary amides is 1. The third-order valence-corrected chi connectivity index (χ3v) is 4.94. The lowest BCUT2D eigenvalue weighted by molar-refractivity contribution is -0.121. The first kappa shape index (κ1) is 17.9. The summed E-state index contributed by atoms with van der Waals surface area (Å²) in [5.41, 5.74) is 5.66. The van der Waals surface area contributed by atoms with Crippen molar-refractivity contribution < 1.29 is 14.3 Å². The van der Waals surface area contributed by atoms with E-state index >= 15 is 0 Å². The predicted molar refractivity (Wildman–Crippen MR) is 90.8 cm³/mol. The Labute approximate surface area is 140 Å². The summed E-state index contributed by atoms with van der Waals surface area (Å²) in [4.78, 5) is 28.2. The number of rotatable bonds is 7. The zero-order valence-corrected chi connectivity index (χ0v) is 14.4. The van der Waals surface area contributed by atoms with Gasteiger partial charge in [-0.05, 0) is 18.4 Å². The van der Waals surface area contributed by atoms with Crippen LogP contribution >= 0.6 is 11.3 Å². The highest BCUT2D eigenvalue weighted by Crippen LogP contribution is 2.23. The number of anilines is 1. The van der Waals surface area contributed by atoms with Crippen molar-refractivity contribution >= 4 is 28.2 Å². The Balaban J connectivity index is 1.86. The average molecular weight is 340 g/mol. The van der Waals surface area contributed by atoms with Crippen LogP contribution in [0.15, 0.2) is 11.4 Å². The van der Waals surface area contributed by atoms with Gasteiger partial charge < -0.3 is 15.8 Å². The first-order chi connectivity index (χ1) is 11.0. The molecule has 0 saturated carbocycles. The maximum absolute atomic E-state index is 12.4. The Bertz CT molecular complexity index is 541. The van der Waals surface area contributed by atoms with Crippen molar-refractivity contribution in [3.05, 3.63) is 17.0 Å². The van der Waals surface area contributed by atoms with Gasteiger partial charge in [-0.15, -0.1) is 11.3 Å². The number of thiophene rings is 1. The molecular weight excluding hydrogens is 316 g/mol. The van der Waals surface area contributed by atoms with Crippen LogP contribution in [0.25, 0.3) is 0 Å². The van der Waals surface area contributed by atoms with Gasteiger partial charge in [0.05, 0.1) is 18.2 Å². The number of nitrogens with zero attached hydrogens (tertiary/aromatic N) is 2. The summed E-state index contributed by atoms with van der Waals surface area (Å²) in [6.45, 7) is 7.06. The molecule has 1 aliphatic rings. The smallest absolute Gasteiger partial charge is 0.251 e. The van der Waals surface area contributed by atoms with Crippen molar-refractivity contribution in [1.29, 1.82) is 0 Å². The van der Waals surface area contributed by atoms with Gasteiger partial charge in [0.2, 0.25) is 5.91 Å². The molecule has 8 heteroatoms. The highest BCUT2D eigenvalue weighted by Gasteiger charge is 2.26. The Hall–Kier alpha value is -1.48. The van der Waals surface area contributed by atoms with Crippen molar-refractivity contribution in [3.63, 3.8) is 0 Å². The van der Waals surface area contributed by atoms with E-state index in [9.17, 15) is 9.59 Å². The second-order valence-electron chi connectivity index (χ2n) is 5.56. The van der Waals surface area contributed by atoms with Gasteiger partial charge in [-0.25, -0.2) is 0 Å². The topological polar surface area (TPSA) is 87.9 Å². The second kappa shape index (κ2) is 8.39. The summed E-state index contributed by atoms with van der Waals surface area (Å²) < 4.78 is 5.09. The van der Waals surface area contributed by atoms with Gasteiger partial charge in [-0.2, -0.15) is 0 Å². The summed E-state index contributed by atoms with van der Waals surface area (Å²) >= 11 is 1.31. The van der Waals surface area contributed by atoms with Gasteiger partial charge >= 0.3 is 0 Å². The van der Waals surface area contributed by atoms with E-state index < -0.39 is 5.91 Å².